The van der Waals surface area contributed by atoms with Crippen LogP contribution in [0.4, 0.5) is 4.79 Å². The fraction of sp³-hybridized carbons (Fsp3) is 0.846. The van der Waals surface area contributed by atoms with Gasteiger partial charge in [0.15, 0.2) is 0 Å². The van der Waals surface area contributed by atoms with E-state index < -0.39 is 11.4 Å². The van der Waals surface area contributed by atoms with Crippen molar-refractivity contribution in [1.82, 2.24) is 15.1 Å². The summed E-state index contributed by atoms with van der Waals surface area (Å²) in [5, 5.41) is 11.9. The Bertz CT molecular complexity index is 335. The van der Waals surface area contributed by atoms with Gasteiger partial charge in [-0.2, -0.15) is 0 Å². The van der Waals surface area contributed by atoms with Crippen molar-refractivity contribution in [2.24, 2.45) is 5.41 Å². The molecule has 1 aliphatic heterocycles. The molecule has 1 atom stereocenters. The van der Waals surface area contributed by atoms with E-state index >= 15 is 0 Å². The van der Waals surface area contributed by atoms with Crippen LogP contribution in [-0.2, 0) is 4.79 Å². The summed E-state index contributed by atoms with van der Waals surface area (Å²) in [5.41, 5.74) is -0.891. The Morgan fingerprint density at radius 3 is 2.53 bits per heavy atom. The normalized spacial score (nSPS) is 20.5. The van der Waals surface area contributed by atoms with Gasteiger partial charge in [-0.15, -0.1) is 0 Å². The lowest BCUT2D eigenvalue weighted by Gasteiger charge is -2.26. The summed E-state index contributed by atoms with van der Waals surface area (Å²) in [5.74, 6) is -0.870. The fourth-order valence-electron chi connectivity index (χ4n) is 1.98. The molecule has 0 aliphatic carbocycles. The second-order valence-corrected chi connectivity index (χ2v) is 5.52. The Labute approximate surface area is 114 Å². The van der Waals surface area contributed by atoms with Crippen molar-refractivity contribution in [3.63, 3.8) is 0 Å². The standard InChI is InChI=1S/C13H25N3O3/c1-4-13(2,11(17)18)10-14-12(19)16-7-5-6-15(3)8-9-16/h4-10H2,1-3H3,(H,14,19)(H,17,18). The number of likely N-dealkylation sites (N-methyl/N-ethyl adjacent to an activating group) is 1. The topological polar surface area (TPSA) is 72.9 Å². The highest BCUT2D eigenvalue weighted by atomic mass is 16.4. The van der Waals surface area contributed by atoms with Gasteiger partial charge in [-0.25, -0.2) is 4.79 Å². The first kappa shape index (κ1) is 15.8. The zero-order chi connectivity index (χ0) is 14.5. The molecule has 1 unspecified atom stereocenters. The number of urea groups is 1. The molecule has 6 heteroatoms. The summed E-state index contributed by atoms with van der Waals surface area (Å²) in [6, 6.07) is -0.156. The van der Waals surface area contributed by atoms with E-state index in [1.54, 1.807) is 11.8 Å². The summed E-state index contributed by atoms with van der Waals surface area (Å²) in [4.78, 5) is 27.2. The van der Waals surface area contributed by atoms with Crippen LogP contribution < -0.4 is 5.32 Å². The molecular formula is C13H25N3O3. The molecule has 19 heavy (non-hydrogen) atoms. The lowest BCUT2D eigenvalue weighted by molar-refractivity contribution is -0.147. The molecule has 0 radical (unpaired) electrons. The summed E-state index contributed by atoms with van der Waals surface area (Å²) in [7, 11) is 2.04. The van der Waals surface area contributed by atoms with E-state index in [0.29, 0.717) is 13.0 Å². The van der Waals surface area contributed by atoms with Crippen LogP contribution in [0.25, 0.3) is 0 Å². The summed E-state index contributed by atoms with van der Waals surface area (Å²) in [6.45, 7) is 6.92. The first-order chi connectivity index (χ1) is 8.89. The third kappa shape index (κ3) is 4.38. The molecule has 1 heterocycles. The number of carbonyl (C=O) groups excluding carboxylic acids is 1. The number of carboxylic acid groups (broad SMARTS) is 1. The smallest absolute Gasteiger partial charge is 0.317 e. The summed E-state index contributed by atoms with van der Waals surface area (Å²) >= 11 is 0. The monoisotopic (exact) mass is 271 g/mol. The number of rotatable bonds is 4. The van der Waals surface area contributed by atoms with Gasteiger partial charge < -0.3 is 20.2 Å². The van der Waals surface area contributed by atoms with Crippen LogP contribution in [0.5, 0.6) is 0 Å². The molecule has 1 aliphatic rings. The van der Waals surface area contributed by atoms with Gasteiger partial charge in [0, 0.05) is 26.2 Å². The van der Waals surface area contributed by atoms with Crippen LogP contribution in [0.15, 0.2) is 0 Å². The average Bonchev–Trinajstić information content (AvgIpc) is 2.60. The number of hydrogen-bond donors (Lipinski definition) is 2. The minimum Gasteiger partial charge on any atom is -0.481 e. The second kappa shape index (κ2) is 6.75. The van der Waals surface area contributed by atoms with Gasteiger partial charge in [0.1, 0.15) is 0 Å². The molecule has 110 valence electrons. The Kier molecular flexibility index (Phi) is 5.60. The molecule has 1 fully saturated rings. The van der Waals surface area contributed by atoms with E-state index in [0.717, 1.165) is 26.1 Å². The van der Waals surface area contributed by atoms with E-state index in [1.165, 1.54) is 0 Å². The molecule has 0 spiro atoms. The van der Waals surface area contributed by atoms with Crippen molar-refractivity contribution in [2.45, 2.75) is 26.7 Å². The van der Waals surface area contributed by atoms with Crippen LogP contribution in [0, 0.1) is 5.41 Å². The first-order valence-corrected chi connectivity index (χ1v) is 6.84. The van der Waals surface area contributed by atoms with Gasteiger partial charge >= 0.3 is 12.0 Å². The number of amides is 2. The highest BCUT2D eigenvalue weighted by Crippen LogP contribution is 2.20. The highest BCUT2D eigenvalue weighted by Gasteiger charge is 2.32. The molecule has 0 aromatic carbocycles. The minimum atomic E-state index is -0.891. The van der Waals surface area contributed by atoms with E-state index in [4.69, 9.17) is 5.11 Å². The van der Waals surface area contributed by atoms with Crippen LogP contribution in [0.3, 0.4) is 0 Å². The van der Waals surface area contributed by atoms with Gasteiger partial charge in [0.05, 0.1) is 5.41 Å². The Balaban J connectivity index is 2.48. The van der Waals surface area contributed by atoms with Crippen molar-refractivity contribution >= 4 is 12.0 Å². The molecule has 0 bridgehead atoms. The van der Waals surface area contributed by atoms with Crippen LogP contribution in [0.1, 0.15) is 26.7 Å². The van der Waals surface area contributed by atoms with Crippen molar-refractivity contribution in [1.29, 1.82) is 0 Å². The minimum absolute atomic E-state index is 0.156. The molecule has 1 saturated heterocycles. The average molecular weight is 271 g/mol. The van der Waals surface area contributed by atoms with E-state index in [2.05, 4.69) is 10.2 Å². The highest BCUT2D eigenvalue weighted by molar-refractivity contribution is 5.77. The van der Waals surface area contributed by atoms with Crippen molar-refractivity contribution < 1.29 is 14.7 Å². The largest absolute Gasteiger partial charge is 0.481 e. The first-order valence-electron chi connectivity index (χ1n) is 6.84. The summed E-state index contributed by atoms with van der Waals surface area (Å²) < 4.78 is 0. The lowest BCUT2D eigenvalue weighted by atomic mass is 9.88. The molecule has 6 nitrogen and oxygen atoms in total. The Morgan fingerprint density at radius 2 is 1.95 bits per heavy atom. The molecule has 0 saturated carbocycles. The Hall–Kier alpha value is -1.30. The fourth-order valence-corrected chi connectivity index (χ4v) is 1.98. The third-order valence-corrected chi connectivity index (χ3v) is 3.93. The third-order valence-electron chi connectivity index (χ3n) is 3.93. The number of carbonyl (C=O) groups is 2. The molecule has 0 aromatic heterocycles. The van der Waals surface area contributed by atoms with Gasteiger partial charge in [-0.1, -0.05) is 6.92 Å². The van der Waals surface area contributed by atoms with Crippen LogP contribution in [-0.4, -0.2) is 66.7 Å². The van der Waals surface area contributed by atoms with Gasteiger partial charge in [0.25, 0.3) is 0 Å². The molecule has 1 rings (SSSR count). The van der Waals surface area contributed by atoms with Gasteiger partial charge in [0.2, 0.25) is 0 Å². The lowest BCUT2D eigenvalue weighted by Crippen LogP contribution is -2.47. The number of aliphatic carboxylic acids is 1. The molecule has 0 aromatic rings. The second-order valence-electron chi connectivity index (χ2n) is 5.52. The quantitative estimate of drug-likeness (QED) is 0.794. The summed E-state index contributed by atoms with van der Waals surface area (Å²) in [6.07, 6.45) is 1.44. The number of carboxylic acids is 1. The number of nitrogens with zero attached hydrogens (tertiary/aromatic N) is 2. The van der Waals surface area contributed by atoms with Crippen LogP contribution in [0.2, 0.25) is 0 Å². The Morgan fingerprint density at radius 1 is 1.26 bits per heavy atom. The van der Waals surface area contributed by atoms with Crippen molar-refractivity contribution in [2.75, 3.05) is 39.8 Å². The van der Waals surface area contributed by atoms with Crippen molar-refractivity contribution in [3.05, 3.63) is 0 Å². The number of hydrogen-bond acceptors (Lipinski definition) is 3. The number of nitrogens with one attached hydrogen (secondary N) is 1. The predicted octanol–water partition coefficient (Wildman–Crippen LogP) is 0.834. The predicted molar refractivity (Wildman–Crippen MR) is 73.1 cm³/mol. The maximum atomic E-state index is 12.0. The molecule has 2 amide bonds. The zero-order valence-corrected chi connectivity index (χ0v) is 12.1. The van der Waals surface area contributed by atoms with E-state index in [-0.39, 0.29) is 12.6 Å². The zero-order valence-electron chi connectivity index (χ0n) is 12.1. The maximum Gasteiger partial charge on any atom is 0.317 e. The molecular weight excluding hydrogens is 246 g/mol. The SMILES string of the molecule is CCC(C)(CNC(=O)N1CCCN(C)CC1)C(=O)O. The van der Waals surface area contributed by atoms with Crippen molar-refractivity contribution in [3.8, 4) is 0 Å². The maximum absolute atomic E-state index is 12.0. The van der Waals surface area contributed by atoms with Gasteiger partial charge in [-0.05, 0) is 33.4 Å². The van der Waals surface area contributed by atoms with Crippen LogP contribution >= 0.6 is 0 Å². The molecule has 2 N–H and O–H groups in total. The van der Waals surface area contributed by atoms with Gasteiger partial charge in [-0.3, -0.25) is 4.79 Å². The van der Waals surface area contributed by atoms with E-state index in [1.807, 2.05) is 14.0 Å². The van der Waals surface area contributed by atoms with E-state index in [9.17, 15) is 9.59 Å².